The molecule has 3 atom stereocenters. The molecule has 0 fully saturated rings. The summed E-state index contributed by atoms with van der Waals surface area (Å²) in [5.41, 5.74) is 12.0. The minimum atomic E-state index is -0.666. The zero-order valence-electron chi connectivity index (χ0n) is 29.0. The minimum Gasteiger partial charge on any atom is -0.469 e. The minimum absolute atomic E-state index is 0.0211. The summed E-state index contributed by atoms with van der Waals surface area (Å²) >= 11 is 0. The monoisotopic (exact) mass is 635 g/mol. The van der Waals surface area contributed by atoms with Crippen molar-refractivity contribution in [3.8, 4) is 0 Å². The summed E-state index contributed by atoms with van der Waals surface area (Å²) in [6, 6.07) is 6.25. The van der Waals surface area contributed by atoms with E-state index in [0.717, 1.165) is 73.5 Å². The van der Waals surface area contributed by atoms with Crippen LogP contribution in [-0.4, -0.2) is 63.7 Å². The molecule has 3 aliphatic rings. The highest BCUT2D eigenvalue weighted by Crippen LogP contribution is 2.47. The van der Waals surface area contributed by atoms with Gasteiger partial charge < -0.3 is 19.6 Å². The molecule has 3 aromatic heterocycles. The lowest BCUT2D eigenvalue weighted by molar-refractivity contribution is -0.140. The summed E-state index contributed by atoms with van der Waals surface area (Å²) in [4.78, 5) is 58.5. The molecule has 246 valence electrons. The van der Waals surface area contributed by atoms with Crippen LogP contribution in [0.2, 0.25) is 0 Å². The maximum atomic E-state index is 13.6. The van der Waals surface area contributed by atoms with Crippen LogP contribution in [0.4, 0.5) is 0 Å². The van der Waals surface area contributed by atoms with E-state index in [9.17, 15) is 14.4 Å². The van der Waals surface area contributed by atoms with Gasteiger partial charge in [0, 0.05) is 84.0 Å². The van der Waals surface area contributed by atoms with E-state index in [2.05, 4.69) is 55.9 Å². The van der Waals surface area contributed by atoms with Gasteiger partial charge in [-0.25, -0.2) is 0 Å². The van der Waals surface area contributed by atoms with Crippen molar-refractivity contribution in [3.63, 3.8) is 0 Å². The summed E-state index contributed by atoms with van der Waals surface area (Å²) in [6.45, 7) is 12.5. The van der Waals surface area contributed by atoms with E-state index >= 15 is 0 Å². The number of H-pyrrole nitrogens is 2. The van der Waals surface area contributed by atoms with Crippen molar-refractivity contribution >= 4 is 45.3 Å². The molecule has 1 aliphatic carbocycles. The fourth-order valence-corrected chi connectivity index (χ4v) is 7.84. The van der Waals surface area contributed by atoms with E-state index in [4.69, 9.17) is 14.7 Å². The quantitative estimate of drug-likeness (QED) is 0.284. The Morgan fingerprint density at radius 1 is 1.09 bits per heavy atom. The zero-order chi connectivity index (χ0) is 33.9. The fourth-order valence-electron chi connectivity index (χ4n) is 7.84. The van der Waals surface area contributed by atoms with Crippen LogP contribution in [0.1, 0.15) is 114 Å². The number of aryl methyl sites for hydroxylation is 3. The van der Waals surface area contributed by atoms with E-state index in [1.165, 1.54) is 12.7 Å². The third kappa shape index (κ3) is 5.20. The van der Waals surface area contributed by atoms with Crippen LogP contribution in [0, 0.1) is 13.8 Å². The predicted octanol–water partition coefficient (Wildman–Crippen LogP) is 6.91. The average molecular weight is 636 g/mol. The van der Waals surface area contributed by atoms with Gasteiger partial charge in [0.2, 0.25) is 5.91 Å². The summed E-state index contributed by atoms with van der Waals surface area (Å²) in [6.07, 6.45) is 4.25. The summed E-state index contributed by atoms with van der Waals surface area (Å²) in [5.74, 6) is -0.202. The summed E-state index contributed by atoms with van der Waals surface area (Å²) in [5, 5.41) is 0. The number of ether oxygens (including phenoxy) is 1. The SMILES string of the molecule is C/C=C1/c2cc3[nH]c4c(c5nc(cc6[nH]c(cc(n2)C1(C)CC(=O)N(C)C)c(CC)c6C)[C@@H](C)[C@@H]5CCC(=O)OC)CC(=O)c4c3C. The first kappa shape index (κ1) is 32.4. The lowest BCUT2D eigenvalue weighted by atomic mass is 9.76. The number of rotatable bonds is 6. The molecule has 2 N–H and O–H groups in total. The second-order valence-electron chi connectivity index (χ2n) is 13.6. The molecule has 9 heteroatoms. The van der Waals surface area contributed by atoms with Gasteiger partial charge in [-0.1, -0.05) is 19.9 Å². The number of carbonyl (C=O) groups is 3. The third-order valence-electron chi connectivity index (χ3n) is 10.7. The molecule has 0 saturated heterocycles. The molecule has 5 heterocycles. The van der Waals surface area contributed by atoms with Crippen molar-refractivity contribution in [2.75, 3.05) is 21.2 Å². The molecule has 0 radical (unpaired) electrons. The van der Waals surface area contributed by atoms with Gasteiger partial charge in [-0.15, -0.1) is 0 Å². The maximum absolute atomic E-state index is 13.6. The van der Waals surface area contributed by atoms with Gasteiger partial charge >= 0.3 is 5.97 Å². The largest absolute Gasteiger partial charge is 0.469 e. The number of nitrogens with one attached hydrogen (secondary N) is 2. The Bertz CT molecular complexity index is 2030. The number of allylic oxidation sites excluding steroid dienone is 2. The van der Waals surface area contributed by atoms with Crippen molar-refractivity contribution in [1.82, 2.24) is 24.8 Å². The van der Waals surface area contributed by atoms with Crippen molar-refractivity contribution in [2.45, 2.75) is 90.9 Å². The Labute approximate surface area is 275 Å². The number of amides is 1. The number of methoxy groups -OCH3 is 1. The number of aromatic nitrogens is 4. The molecule has 6 rings (SSSR count). The highest BCUT2D eigenvalue weighted by atomic mass is 16.5. The number of Topliss-reactive ketones (excluding diaryl/α,β-unsaturated/α-hetero) is 1. The average Bonchev–Trinajstić information content (AvgIpc) is 3.77. The van der Waals surface area contributed by atoms with Crippen molar-refractivity contribution in [3.05, 3.63) is 74.9 Å². The number of hydrogen-bond donors (Lipinski definition) is 2. The standard InChI is InChI=1S/C38H45N5O4/c1-10-22-19(3)26-15-27-20(4)23(12-13-34(46)47-9)36(41-27)24-14-31(44)35-21(5)28(42-37(24)35)16-30-25(11-2)38(6,18-33(45)43(7)8)32(40-30)17-29(22)39-26/h11,15-17,20,23,39,42H,10,12-14,18H2,1-9H3/b25-11-,26-15?,27-15?,28-16?,29-17?,30-16?,32-17?,36-24?/t20-,23-,38?/m0/s1. The first-order valence-electron chi connectivity index (χ1n) is 16.6. The Morgan fingerprint density at radius 2 is 1.81 bits per heavy atom. The lowest BCUT2D eigenvalue weighted by Crippen LogP contribution is -2.31. The van der Waals surface area contributed by atoms with Gasteiger partial charge in [0.1, 0.15) is 0 Å². The van der Waals surface area contributed by atoms with Crippen LogP contribution in [0.3, 0.4) is 0 Å². The molecule has 0 saturated carbocycles. The van der Waals surface area contributed by atoms with Crippen LogP contribution in [-0.2, 0) is 32.6 Å². The second-order valence-corrected chi connectivity index (χ2v) is 13.6. The van der Waals surface area contributed by atoms with E-state index < -0.39 is 5.41 Å². The Morgan fingerprint density at radius 3 is 2.47 bits per heavy atom. The van der Waals surface area contributed by atoms with Crippen LogP contribution >= 0.6 is 0 Å². The number of hydrogen-bond acceptors (Lipinski definition) is 6. The third-order valence-corrected chi connectivity index (χ3v) is 10.7. The first-order chi connectivity index (χ1) is 22.3. The maximum Gasteiger partial charge on any atom is 0.305 e. The Kier molecular flexibility index (Phi) is 8.22. The van der Waals surface area contributed by atoms with Crippen LogP contribution in [0.25, 0.3) is 27.6 Å². The number of ketones is 1. The molecular weight excluding hydrogens is 590 g/mol. The molecule has 9 nitrogen and oxygen atoms in total. The van der Waals surface area contributed by atoms with E-state index in [0.29, 0.717) is 12.0 Å². The molecule has 0 aromatic carbocycles. The molecule has 8 bridgehead atoms. The fraction of sp³-hybridized carbons (Fsp3) is 0.447. The van der Waals surface area contributed by atoms with Gasteiger partial charge in [-0.05, 0) is 81.0 Å². The van der Waals surface area contributed by atoms with Gasteiger partial charge in [0.15, 0.2) is 5.78 Å². The van der Waals surface area contributed by atoms with Gasteiger partial charge in [0.25, 0.3) is 0 Å². The normalized spacial score (nSPS) is 21.0. The zero-order valence-corrected chi connectivity index (χ0v) is 29.0. The van der Waals surface area contributed by atoms with E-state index in [1.54, 1.807) is 19.0 Å². The topological polar surface area (TPSA) is 121 Å². The van der Waals surface area contributed by atoms with E-state index in [1.807, 2.05) is 19.9 Å². The Hall–Kier alpha value is -4.53. The molecule has 1 amide bonds. The predicted molar refractivity (Wildman–Crippen MR) is 185 cm³/mol. The Balaban J connectivity index is 1.73. The number of fused-ring (bicyclic) bond motifs is 8. The molecule has 0 spiro atoms. The summed E-state index contributed by atoms with van der Waals surface area (Å²) < 4.78 is 4.99. The van der Waals surface area contributed by atoms with Crippen molar-refractivity contribution in [1.29, 1.82) is 0 Å². The smallest absolute Gasteiger partial charge is 0.305 e. The van der Waals surface area contributed by atoms with Crippen LogP contribution in [0.15, 0.2) is 24.3 Å². The molecular formula is C38H45N5O4. The van der Waals surface area contributed by atoms with Gasteiger partial charge in [-0.3, -0.25) is 24.4 Å². The molecule has 3 aromatic rings. The highest BCUT2D eigenvalue weighted by molar-refractivity contribution is 6.13. The second kappa shape index (κ2) is 11.9. The number of nitrogens with zero attached hydrogens (tertiary/aromatic N) is 3. The summed E-state index contributed by atoms with van der Waals surface area (Å²) in [7, 11) is 4.98. The number of carbonyl (C=O) groups excluding carboxylic acids is 3. The van der Waals surface area contributed by atoms with E-state index in [-0.39, 0.29) is 48.8 Å². The first-order valence-corrected chi connectivity index (χ1v) is 16.6. The van der Waals surface area contributed by atoms with Crippen LogP contribution < -0.4 is 0 Å². The highest BCUT2D eigenvalue weighted by Gasteiger charge is 2.41. The van der Waals surface area contributed by atoms with Gasteiger partial charge in [0.05, 0.1) is 29.7 Å². The molecule has 1 unspecified atom stereocenters. The van der Waals surface area contributed by atoms with Crippen molar-refractivity contribution < 1.29 is 19.1 Å². The number of aromatic amines is 2. The lowest BCUT2D eigenvalue weighted by Gasteiger charge is -2.27. The molecule has 2 aliphatic heterocycles. The molecule has 47 heavy (non-hydrogen) atoms. The number of esters is 1. The van der Waals surface area contributed by atoms with Crippen LogP contribution in [0.5, 0.6) is 0 Å². The van der Waals surface area contributed by atoms with Gasteiger partial charge in [-0.2, -0.15) is 0 Å². The van der Waals surface area contributed by atoms with Crippen molar-refractivity contribution in [2.24, 2.45) is 0 Å².